The standard InChI is InChI=1S/C15H12N2O4/c1-20-14-6-9(8-16)2-5-12(14)21-13-7-10(15(18)19)3-4-11(13)17/h2-7H,17H2,1H3,(H,18,19). The van der Waals surface area contributed by atoms with Crippen molar-refractivity contribution in [1.82, 2.24) is 0 Å². The highest BCUT2D eigenvalue weighted by Crippen LogP contribution is 2.35. The van der Waals surface area contributed by atoms with Crippen LogP contribution in [0.2, 0.25) is 0 Å². The highest BCUT2D eigenvalue weighted by molar-refractivity contribution is 5.89. The third-order valence-electron chi connectivity index (χ3n) is 2.77. The summed E-state index contributed by atoms with van der Waals surface area (Å²) in [5.41, 5.74) is 6.56. The van der Waals surface area contributed by atoms with Crippen LogP contribution in [-0.2, 0) is 0 Å². The van der Waals surface area contributed by atoms with E-state index in [1.54, 1.807) is 12.1 Å². The number of benzene rings is 2. The fraction of sp³-hybridized carbons (Fsp3) is 0.0667. The Bertz CT molecular complexity index is 735. The number of nitrogens with zero attached hydrogens (tertiary/aromatic N) is 1. The lowest BCUT2D eigenvalue weighted by molar-refractivity contribution is 0.0696. The molecule has 2 aromatic rings. The van der Waals surface area contributed by atoms with Gasteiger partial charge in [-0.05, 0) is 30.3 Å². The van der Waals surface area contributed by atoms with Gasteiger partial charge in [-0.3, -0.25) is 0 Å². The Morgan fingerprint density at radius 2 is 1.95 bits per heavy atom. The van der Waals surface area contributed by atoms with Crippen molar-refractivity contribution < 1.29 is 19.4 Å². The maximum absolute atomic E-state index is 11.0. The SMILES string of the molecule is COc1cc(C#N)ccc1Oc1cc(C(=O)O)ccc1N. The van der Waals surface area contributed by atoms with E-state index >= 15 is 0 Å². The predicted molar refractivity (Wildman–Crippen MR) is 75.6 cm³/mol. The third-order valence-corrected chi connectivity index (χ3v) is 2.77. The first kappa shape index (κ1) is 14.2. The number of ether oxygens (including phenoxy) is 2. The number of nitrogen functional groups attached to an aromatic ring is 1. The molecule has 6 heteroatoms. The van der Waals surface area contributed by atoms with Gasteiger partial charge in [0.05, 0.1) is 30.0 Å². The number of hydrogen-bond acceptors (Lipinski definition) is 5. The lowest BCUT2D eigenvalue weighted by Gasteiger charge is -2.12. The summed E-state index contributed by atoms with van der Waals surface area (Å²) >= 11 is 0. The van der Waals surface area contributed by atoms with E-state index in [0.717, 1.165) is 0 Å². The Hall–Kier alpha value is -3.20. The topological polar surface area (TPSA) is 106 Å². The molecule has 0 aromatic heterocycles. The van der Waals surface area contributed by atoms with Gasteiger partial charge >= 0.3 is 5.97 Å². The van der Waals surface area contributed by atoms with Crippen molar-refractivity contribution in [2.75, 3.05) is 12.8 Å². The number of anilines is 1. The molecule has 0 aliphatic heterocycles. The first-order valence-corrected chi connectivity index (χ1v) is 5.94. The van der Waals surface area contributed by atoms with Crippen LogP contribution in [0, 0.1) is 11.3 Å². The Morgan fingerprint density at radius 3 is 2.57 bits per heavy atom. The van der Waals surface area contributed by atoms with Crippen LogP contribution >= 0.6 is 0 Å². The van der Waals surface area contributed by atoms with Gasteiger partial charge in [-0.25, -0.2) is 4.79 Å². The second-order valence-corrected chi connectivity index (χ2v) is 4.14. The minimum Gasteiger partial charge on any atom is -0.493 e. The average molecular weight is 284 g/mol. The summed E-state index contributed by atoms with van der Waals surface area (Å²) in [6, 6.07) is 10.8. The molecule has 0 aliphatic rings. The van der Waals surface area contributed by atoms with Gasteiger partial charge in [-0.1, -0.05) is 0 Å². The molecular formula is C15H12N2O4. The van der Waals surface area contributed by atoms with E-state index in [-0.39, 0.29) is 11.3 Å². The van der Waals surface area contributed by atoms with E-state index in [4.69, 9.17) is 25.6 Å². The molecule has 0 fully saturated rings. The number of hydrogen-bond donors (Lipinski definition) is 2. The Balaban J connectivity index is 2.40. The molecule has 0 saturated carbocycles. The molecule has 3 N–H and O–H groups in total. The lowest BCUT2D eigenvalue weighted by Crippen LogP contribution is -2.00. The van der Waals surface area contributed by atoms with E-state index < -0.39 is 5.97 Å². The molecule has 6 nitrogen and oxygen atoms in total. The fourth-order valence-corrected chi connectivity index (χ4v) is 1.70. The van der Waals surface area contributed by atoms with Crippen molar-refractivity contribution in [2.45, 2.75) is 0 Å². The summed E-state index contributed by atoms with van der Waals surface area (Å²) in [5.74, 6) is -0.176. The van der Waals surface area contributed by atoms with Gasteiger partial charge in [0.15, 0.2) is 17.2 Å². The second-order valence-electron chi connectivity index (χ2n) is 4.14. The Kier molecular flexibility index (Phi) is 3.95. The first-order chi connectivity index (χ1) is 10.0. The van der Waals surface area contributed by atoms with Crippen LogP contribution in [0.15, 0.2) is 36.4 Å². The quantitative estimate of drug-likeness (QED) is 0.836. The number of carbonyl (C=O) groups is 1. The second kappa shape index (κ2) is 5.84. The zero-order chi connectivity index (χ0) is 15.4. The van der Waals surface area contributed by atoms with Crippen molar-refractivity contribution in [3.63, 3.8) is 0 Å². The molecular weight excluding hydrogens is 272 g/mol. The lowest BCUT2D eigenvalue weighted by atomic mass is 10.2. The Morgan fingerprint density at radius 1 is 1.19 bits per heavy atom. The molecule has 0 bridgehead atoms. The van der Waals surface area contributed by atoms with E-state index in [1.807, 2.05) is 6.07 Å². The van der Waals surface area contributed by atoms with Gasteiger partial charge < -0.3 is 20.3 Å². The highest BCUT2D eigenvalue weighted by Gasteiger charge is 2.12. The highest BCUT2D eigenvalue weighted by atomic mass is 16.5. The summed E-state index contributed by atoms with van der Waals surface area (Å²) in [4.78, 5) is 11.0. The molecule has 0 atom stereocenters. The maximum atomic E-state index is 11.0. The molecule has 21 heavy (non-hydrogen) atoms. The predicted octanol–water partition coefficient (Wildman–Crippen LogP) is 2.64. The molecule has 2 aromatic carbocycles. The molecule has 0 saturated heterocycles. The summed E-state index contributed by atoms with van der Waals surface area (Å²) in [7, 11) is 1.44. The van der Waals surface area contributed by atoms with E-state index in [0.29, 0.717) is 22.7 Å². The van der Waals surface area contributed by atoms with Crippen molar-refractivity contribution in [2.24, 2.45) is 0 Å². The van der Waals surface area contributed by atoms with Crippen molar-refractivity contribution in [1.29, 1.82) is 5.26 Å². The molecule has 2 rings (SSSR count). The van der Waals surface area contributed by atoms with Crippen LogP contribution in [0.3, 0.4) is 0 Å². The van der Waals surface area contributed by atoms with Crippen LogP contribution in [-0.4, -0.2) is 18.2 Å². The van der Waals surface area contributed by atoms with Gasteiger partial charge in [0.2, 0.25) is 0 Å². The number of nitrogens with two attached hydrogens (primary N) is 1. The monoisotopic (exact) mass is 284 g/mol. The number of rotatable bonds is 4. The van der Waals surface area contributed by atoms with Crippen LogP contribution in [0.4, 0.5) is 5.69 Å². The molecule has 0 radical (unpaired) electrons. The molecule has 0 amide bonds. The minimum absolute atomic E-state index is 0.0619. The smallest absolute Gasteiger partial charge is 0.335 e. The average Bonchev–Trinajstić information content (AvgIpc) is 2.49. The van der Waals surface area contributed by atoms with E-state index in [1.165, 1.54) is 31.4 Å². The summed E-state index contributed by atoms with van der Waals surface area (Å²) < 4.78 is 10.7. The summed E-state index contributed by atoms with van der Waals surface area (Å²) in [6.45, 7) is 0. The number of carboxylic acids is 1. The van der Waals surface area contributed by atoms with Gasteiger partial charge in [0.1, 0.15) is 0 Å². The van der Waals surface area contributed by atoms with Crippen molar-refractivity contribution in [3.05, 3.63) is 47.5 Å². The summed E-state index contributed by atoms with van der Waals surface area (Å²) in [5, 5.41) is 17.8. The fourth-order valence-electron chi connectivity index (χ4n) is 1.70. The molecule has 0 aliphatic carbocycles. The van der Waals surface area contributed by atoms with Crippen LogP contribution in [0.5, 0.6) is 17.2 Å². The summed E-state index contributed by atoms with van der Waals surface area (Å²) in [6.07, 6.45) is 0. The van der Waals surface area contributed by atoms with Crippen LogP contribution < -0.4 is 15.2 Å². The number of aromatic carboxylic acids is 1. The number of carboxylic acid groups (broad SMARTS) is 1. The third kappa shape index (κ3) is 3.04. The molecule has 0 heterocycles. The van der Waals surface area contributed by atoms with Crippen LogP contribution in [0.1, 0.15) is 15.9 Å². The molecule has 106 valence electrons. The minimum atomic E-state index is -1.08. The number of nitriles is 1. The van der Waals surface area contributed by atoms with Gasteiger partial charge in [-0.15, -0.1) is 0 Å². The van der Waals surface area contributed by atoms with Crippen molar-refractivity contribution in [3.8, 4) is 23.3 Å². The zero-order valence-electron chi connectivity index (χ0n) is 11.2. The van der Waals surface area contributed by atoms with E-state index in [2.05, 4.69) is 0 Å². The normalized spacial score (nSPS) is 9.71. The molecule has 0 spiro atoms. The van der Waals surface area contributed by atoms with Gasteiger partial charge in [-0.2, -0.15) is 5.26 Å². The maximum Gasteiger partial charge on any atom is 0.335 e. The van der Waals surface area contributed by atoms with E-state index in [9.17, 15) is 4.79 Å². The zero-order valence-corrected chi connectivity index (χ0v) is 11.2. The molecule has 0 unspecified atom stereocenters. The van der Waals surface area contributed by atoms with Crippen LogP contribution in [0.25, 0.3) is 0 Å². The Labute approximate surface area is 120 Å². The van der Waals surface area contributed by atoms with Gasteiger partial charge in [0.25, 0.3) is 0 Å². The number of methoxy groups -OCH3 is 1. The first-order valence-electron chi connectivity index (χ1n) is 5.94. The van der Waals surface area contributed by atoms with Crippen molar-refractivity contribution >= 4 is 11.7 Å². The largest absolute Gasteiger partial charge is 0.493 e. The van der Waals surface area contributed by atoms with Gasteiger partial charge in [0, 0.05) is 6.07 Å².